The van der Waals surface area contributed by atoms with Crippen molar-refractivity contribution in [1.29, 1.82) is 0 Å². The maximum atomic E-state index is 12.2. The summed E-state index contributed by atoms with van der Waals surface area (Å²) in [6.07, 6.45) is 4.69. The Labute approximate surface area is 173 Å². The molecule has 1 aliphatic heterocycles. The normalized spacial score (nSPS) is 20.0. The number of nitrogens with one attached hydrogen (secondary N) is 1. The molecule has 1 aliphatic carbocycles. The Morgan fingerprint density at radius 2 is 2.17 bits per heavy atom. The van der Waals surface area contributed by atoms with E-state index in [0.29, 0.717) is 11.8 Å². The van der Waals surface area contributed by atoms with Crippen molar-refractivity contribution < 1.29 is 19.1 Å². The van der Waals surface area contributed by atoms with Gasteiger partial charge >= 0.3 is 5.88 Å². The second kappa shape index (κ2) is 7.85. The van der Waals surface area contributed by atoms with E-state index in [0.717, 1.165) is 72.9 Å². The predicted molar refractivity (Wildman–Crippen MR) is 109 cm³/mol. The average Bonchev–Trinajstić information content (AvgIpc) is 3.08. The minimum atomic E-state index is 0.237. The third-order valence-corrected chi connectivity index (χ3v) is 6.91. The molecule has 1 saturated heterocycles. The molecule has 1 N–H and O–H groups in total. The zero-order valence-corrected chi connectivity index (χ0v) is 17.3. The van der Waals surface area contributed by atoms with Crippen molar-refractivity contribution in [2.75, 3.05) is 26.3 Å². The van der Waals surface area contributed by atoms with Gasteiger partial charge in [-0.05, 0) is 36.8 Å². The maximum absolute atomic E-state index is 12.2. The van der Waals surface area contributed by atoms with E-state index >= 15 is 0 Å². The topological polar surface area (TPSA) is 75.6 Å². The number of fused-ring (bicyclic) bond motifs is 3. The van der Waals surface area contributed by atoms with Gasteiger partial charge in [0.2, 0.25) is 5.88 Å². The van der Waals surface area contributed by atoms with Gasteiger partial charge in [0.25, 0.3) is 0 Å². The Bertz CT molecular complexity index is 1030. The van der Waals surface area contributed by atoms with Gasteiger partial charge in [-0.15, -0.1) is 16.1 Å². The number of nitrogens with zero attached hydrogens (tertiary/aromatic N) is 3. The van der Waals surface area contributed by atoms with E-state index in [4.69, 9.17) is 19.4 Å². The summed E-state index contributed by atoms with van der Waals surface area (Å²) in [5.41, 5.74) is 1.30. The van der Waals surface area contributed by atoms with Gasteiger partial charge in [-0.25, -0.2) is 4.98 Å². The lowest BCUT2D eigenvalue weighted by Gasteiger charge is -2.23. The Morgan fingerprint density at radius 3 is 3.00 bits per heavy atom. The molecule has 4 heterocycles. The van der Waals surface area contributed by atoms with Crippen molar-refractivity contribution in [2.24, 2.45) is 5.92 Å². The van der Waals surface area contributed by atoms with E-state index in [-0.39, 0.29) is 5.88 Å². The van der Waals surface area contributed by atoms with Crippen LogP contribution in [0.3, 0.4) is 0 Å². The van der Waals surface area contributed by atoms with E-state index < -0.39 is 0 Å². The van der Waals surface area contributed by atoms with Gasteiger partial charge in [0, 0.05) is 10.9 Å². The van der Waals surface area contributed by atoms with Crippen LogP contribution in [0.2, 0.25) is 0 Å². The van der Waals surface area contributed by atoms with Crippen LogP contribution in [0.5, 0.6) is 11.8 Å². The molecule has 152 valence electrons. The number of pyridine rings is 1. The first-order valence-corrected chi connectivity index (χ1v) is 11.1. The van der Waals surface area contributed by atoms with Crippen LogP contribution in [0.4, 0.5) is 0 Å². The van der Waals surface area contributed by atoms with Crippen LogP contribution in [-0.4, -0.2) is 36.3 Å². The van der Waals surface area contributed by atoms with Crippen LogP contribution in [0.15, 0.2) is 24.4 Å². The van der Waals surface area contributed by atoms with E-state index in [2.05, 4.69) is 6.92 Å². The second-order valence-electron chi connectivity index (χ2n) is 7.98. The standard InChI is InChI=1S/C21H24N4O3S/c1-14-5-6-15-16(12-14)29-21-19(15)20(28-18-4-2-3-7-25(18)26)22-17(23-21)13-24-8-10-27-11-9-24/h2-4,7,14H,5-6,8-13H2,1H3/p+1/t14-/m0/s1. The number of rotatable bonds is 4. The fraction of sp³-hybridized carbons (Fsp3) is 0.476. The molecule has 1 atom stereocenters. The average molecular weight is 414 g/mol. The van der Waals surface area contributed by atoms with Crippen molar-refractivity contribution >= 4 is 21.6 Å². The number of aryl methyl sites for hydroxylation is 1. The molecule has 8 heteroatoms. The van der Waals surface area contributed by atoms with Crippen LogP contribution in [-0.2, 0) is 24.1 Å². The van der Waals surface area contributed by atoms with Crippen molar-refractivity contribution in [2.45, 2.75) is 32.7 Å². The number of hydrogen-bond donors (Lipinski definition) is 1. The van der Waals surface area contributed by atoms with Crippen LogP contribution in [0, 0.1) is 11.1 Å². The number of aromatic nitrogens is 3. The molecule has 3 aromatic rings. The van der Waals surface area contributed by atoms with Gasteiger partial charge in [-0.1, -0.05) is 6.92 Å². The maximum Gasteiger partial charge on any atom is 0.386 e. The third-order valence-electron chi connectivity index (χ3n) is 5.77. The largest absolute Gasteiger partial charge is 0.616 e. The van der Waals surface area contributed by atoms with Gasteiger partial charge in [-0.3, -0.25) is 0 Å². The summed E-state index contributed by atoms with van der Waals surface area (Å²) < 4.78 is 12.3. The minimum Gasteiger partial charge on any atom is -0.616 e. The summed E-state index contributed by atoms with van der Waals surface area (Å²) in [6.45, 7) is 6.48. The lowest BCUT2D eigenvalue weighted by molar-refractivity contribution is -0.922. The molecule has 1 fully saturated rings. The predicted octanol–water partition coefficient (Wildman–Crippen LogP) is 1.66. The molecule has 0 aromatic carbocycles. The van der Waals surface area contributed by atoms with Crippen LogP contribution < -0.4 is 14.4 Å². The molecule has 0 unspecified atom stereocenters. The summed E-state index contributed by atoms with van der Waals surface area (Å²) >= 11 is 1.76. The first kappa shape index (κ1) is 18.7. The highest BCUT2D eigenvalue weighted by molar-refractivity contribution is 7.18. The zero-order chi connectivity index (χ0) is 19.8. The smallest absolute Gasteiger partial charge is 0.386 e. The summed E-state index contributed by atoms with van der Waals surface area (Å²) in [4.78, 5) is 13.5. The highest BCUT2D eigenvalue weighted by atomic mass is 32.1. The van der Waals surface area contributed by atoms with Crippen molar-refractivity contribution in [3.8, 4) is 11.8 Å². The highest BCUT2D eigenvalue weighted by Crippen LogP contribution is 2.41. The van der Waals surface area contributed by atoms with E-state index in [1.54, 1.807) is 29.5 Å². The lowest BCUT2D eigenvalue weighted by Crippen LogP contribution is -3.12. The van der Waals surface area contributed by atoms with E-state index in [1.165, 1.54) is 21.5 Å². The van der Waals surface area contributed by atoms with Crippen LogP contribution in [0.1, 0.15) is 29.6 Å². The molecule has 0 saturated carbocycles. The Kier molecular flexibility index (Phi) is 5.07. The van der Waals surface area contributed by atoms with Gasteiger partial charge < -0.3 is 19.6 Å². The lowest BCUT2D eigenvalue weighted by atomic mass is 9.89. The molecular formula is C21H25N4O3S+. The SMILES string of the molecule is C[C@H]1CCc2c(sc3nc(C[NH+]4CCOCC4)nc(Oc4cccc[n+]4[O-])c23)C1. The summed E-state index contributed by atoms with van der Waals surface area (Å²) in [5, 5.41) is 13.2. The molecule has 5 rings (SSSR count). The van der Waals surface area contributed by atoms with Crippen molar-refractivity contribution in [3.63, 3.8) is 0 Å². The number of thiophene rings is 1. The highest BCUT2D eigenvalue weighted by Gasteiger charge is 2.27. The first-order valence-electron chi connectivity index (χ1n) is 10.3. The zero-order valence-electron chi connectivity index (χ0n) is 16.5. The molecule has 29 heavy (non-hydrogen) atoms. The van der Waals surface area contributed by atoms with Gasteiger partial charge in [0.1, 0.15) is 24.5 Å². The van der Waals surface area contributed by atoms with E-state index in [9.17, 15) is 5.21 Å². The molecular weight excluding hydrogens is 388 g/mol. The number of hydrogen-bond acceptors (Lipinski definition) is 6. The summed E-state index contributed by atoms with van der Waals surface area (Å²) in [7, 11) is 0. The molecule has 2 aliphatic rings. The number of quaternary nitrogens is 1. The van der Waals surface area contributed by atoms with Crippen molar-refractivity contribution in [3.05, 3.63) is 45.9 Å². The quantitative estimate of drug-likeness (QED) is 0.520. The monoisotopic (exact) mass is 413 g/mol. The van der Waals surface area contributed by atoms with Gasteiger partial charge in [0.15, 0.2) is 12.0 Å². The fourth-order valence-corrected chi connectivity index (χ4v) is 5.55. The minimum absolute atomic E-state index is 0.237. The number of ether oxygens (including phenoxy) is 2. The van der Waals surface area contributed by atoms with E-state index in [1.807, 2.05) is 0 Å². The number of morpholine rings is 1. The van der Waals surface area contributed by atoms with Gasteiger partial charge in [0.05, 0.1) is 24.7 Å². The van der Waals surface area contributed by atoms with Crippen molar-refractivity contribution in [1.82, 2.24) is 9.97 Å². The molecule has 0 bridgehead atoms. The Morgan fingerprint density at radius 1 is 1.31 bits per heavy atom. The molecule has 7 nitrogen and oxygen atoms in total. The molecule has 0 radical (unpaired) electrons. The Hall–Kier alpha value is -2.29. The molecule has 0 amide bonds. The van der Waals surface area contributed by atoms with Crippen LogP contribution in [0.25, 0.3) is 10.2 Å². The Balaban J connectivity index is 1.58. The van der Waals surface area contributed by atoms with Crippen LogP contribution >= 0.6 is 11.3 Å². The molecule has 0 spiro atoms. The summed E-state index contributed by atoms with van der Waals surface area (Å²) in [5.74, 6) is 2.20. The second-order valence-corrected chi connectivity index (χ2v) is 9.07. The van der Waals surface area contributed by atoms with Gasteiger partial charge in [-0.2, -0.15) is 4.98 Å². The summed E-state index contributed by atoms with van der Waals surface area (Å²) in [6, 6.07) is 5.16. The molecule has 3 aromatic heterocycles. The fourth-order valence-electron chi connectivity index (χ4n) is 4.16. The third kappa shape index (κ3) is 3.80. The first-order chi connectivity index (χ1) is 14.2.